The fraction of sp³-hybridized carbons (Fsp3) is 0.273. The third kappa shape index (κ3) is 2.74. The van der Waals surface area contributed by atoms with Crippen molar-refractivity contribution in [2.75, 3.05) is 13.2 Å². The number of nitrogens with zero attached hydrogens (tertiary/aromatic N) is 1. The van der Waals surface area contributed by atoms with Gasteiger partial charge in [0.25, 0.3) is 5.91 Å². The molecule has 3 heterocycles. The second-order valence-corrected chi connectivity index (χ2v) is 7.65. The Balaban J connectivity index is 1.70. The number of benzene rings is 2. The highest BCUT2D eigenvalue weighted by Crippen LogP contribution is 2.39. The van der Waals surface area contributed by atoms with Gasteiger partial charge >= 0.3 is 0 Å². The quantitative estimate of drug-likeness (QED) is 0.667. The van der Waals surface area contributed by atoms with Gasteiger partial charge in [-0.3, -0.25) is 9.59 Å². The maximum absolute atomic E-state index is 13.3. The van der Waals surface area contributed by atoms with Crippen LogP contribution in [0.4, 0.5) is 0 Å². The molecule has 142 valence electrons. The molecule has 0 N–H and O–H groups in total. The Bertz CT molecular complexity index is 1120. The van der Waals surface area contributed by atoms with E-state index in [-0.39, 0.29) is 23.2 Å². The maximum Gasteiger partial charge on any atom is 0.291 e. The Morgan fingerprint density at radius 3 is 2.61 bits per heavy atom. The van der Waals surface area contributed by atoms with Gasteiger partial charge in [0.05, 0.1) is 23.1 Å². The maximum atomic E-state index is 13.3. The van der Waals surface area contributed by atoms with Gasteiger partial charge in [0.1, 0.15) is 5.58 Å². The molecule has 2 aromatic carbocycles. The predicted molar refractivity (Wildman–Crippen MR) is 106 cm³/mol. The van der Waals surface area contributed by atoms with E-state index in [2.05, 4.69) is 0 Å². The number of ether oxygens (including phenoxy) is 1. The molecular formula is C22H18ClNO4. The third-order valence-electron chi connectivity index (χ3n) is 5.48. The average molecular weight is 396 g/mol. The number of carbonyl (C=O) groups excluding carboxylic acids is 1. The van der Waals surface area contributed by atoms with E-state index in [1.54, 1.807) is 41.3 Å². The topological polar surface area (TPSA) is 59.8 Å². The zero-order valence-corrected chi connectivity index (χ0v) is 15.8. The van der Waals surface area contributed by atoms with E-state index in [1.807, 2.05) is 12.1 Å². The standard InChI is InChI=1S/C22H18ClNO4/c23-14-9-7-13(8-10-14)19-18-20(25)16-5-1-2-6-17(16)28-21(18)22(26)24(19)12-15-4-3-11-27-15/h1-2,5-10,15,19H,3-4,11-12H2/t15-,19+/m1/s1. The molecule has 0 spiro atoms. The Morgan fingerprint density at radius 1 is 1.07 bits per heavy atom. The summed E-state index contributed by atoms with van der Waals surface area (Å²) in [4.78, 5) is 28.2. The van der Waals surface area contributed by atoms with Crippen LogP contribution in [-0.4, -0.2) is 30.1 Å². The first-order valence-corrected chi connectivity index (χ1v) is 9.75. The Hall–Kier alpha value is -2.63. The molecule has 0 aliphatic carbocycles. The van der Waals surface area contributed by atoms with Crippen molar-refractivity contribution in [3.8, 4) is 0 Å². The Morgan fingerprint density at radius 2 is 1.86 bits per heavy atom. The molecule has 6 heteroatoms. The van der Waals surface area contributed by atoms with Crippen molar-refractivity contribution >= 4 is 28.5 Å². The van der Waals surface area contributed by atoms with Crippen LogP contribution in [0.3, 0.4) is 0 Å². The molecule has 0 saturated carbocycles. The van der Waals surface area contributed by atoms with Crippen molar-refractivity contribution in [1.82, 2.24) is 4.90 Å². The lowest BCUT2D eigenvalue weighted by atomic mass is 9.98. The molecule has 2 atom stereocenters. The minimum atomic E-state index is -0.509. The van der Waals surface area contributed by atoms with Crippen LogP contribution in [0.25, 0.3) is 11.0 Å². The molecule has 5 nitrogen and oxygen atoms in total. The fourth-order valence-corrected chi connectivity index (χ4v) is 4.28. The largest absolute Gasteiger partial charge is 0.450 e. The molecule has 1 fully saturated rings. The van der Waals surface area contributed by atoms with Gasteiger partial charge in [0.2, 0.25) is 5.76 Å². The minimum Gasteiger partial charge on any atom is -0.450 e. The summed E-state index contributed by atoms with van der Waals surface area (Å²) in [6.07, 6.45) is 1.85. The van der Waals surface area contributed by atoms with Crippen LogP contribution in [0.5, 0.6) is 0 Å². The highest BCUT2D eigenvalue weighted by molar-refractivity contribution is 6.30. The highest BCUT2D eigenvalue weighted by Gasteiger charge is 2.43. The van der Waals surface area contributed by atoms with Crippen molar-refractivity contribution in [3.05, 3.63) is 80.7 Å². The van der Waals surface area contributed by atoms with Gasteiger partial charge in [-0.15, -0.1) is 0 Å². The lowest BCUT2D eigenvalue weighted by molar-refractivity contribution is 0.0486. The number of para-hydroxylation sites is 1. The minimum absolute atomic E-state index is 0.0300. The molecule has 1 aromatic heterocycles. The van der Waals surface area contributed by atoms with Crippen LogP contribution >= 0.6 is 11.6 Å². The molecule has 0 bridgehead atoms. The van der Waals surface area contributed by atoms with Crippen molar-refractivity contribution in [2.45, 2.75) is 25.0 Å². The van der Waals surface area contributed by atoms with Gasteiger partial charge in [0.15, 0.2) is 5.43 Å². The number of rotatable bonds is 3. The molecular weight excluding hydrogens is 378 g/mol. The van der Waals surface area contributed by atoms with Gasteiger partial charge < -0.3 is 14.1 Å². The average Bonchev–Trinajstić information content (AvgIpc) is 3.31. The van der Waals surface area contributed by atoms with E-state index in [1.165, 1.54) is 0 Å². The number of amides is 1. The van der Waals surface area contributed by atoms with Gasteiger partial charge in [-0.2, -0.15) is 0 Å². The monoisotopic (exact) mass is 395 g/mol. The first-order valence-electron chi connectivity index (χ1n) is 9.37. The zero-order chi connectivity index (χ0) is 19.3. The second kappa shape index (κ2) is 6.76. The van der Waals surface area contributed by atoms with Crippen LogP contribution in [0.2, 0.25) is 5.02 Å². The molecule has 1 amide bonds. The van der Waals surface area contributed by atoms with Crippen LogP contribution < -0.4 is 5.43 Å². The number of halogens is 1. The van der Waals surface area contributed by atoms with E-state index < -0.39 is 6.04 Å². The smallest absolute Gasteiger partial charge is 0.291 e. The Kier molecular flexibility index (Phi) is 4.22. The Labute approximate surface area is 166 Å². The molecule has 1 saturated heterocycles. The molecule has 5 rings (SSSR count). The van der Waals surface area contributed by atoms with Gasteiger partial charge in [-0.25, -0.2) is 0 Å². The van der Waals surface area contributed by atoms with Crippen molar-refractivity contribution < 1.29 is 13.9 Å². The van der Waals surface area contributed by atoms with E-state index >= 15 is 0 Å². The van der Waals surface area contributed by atoms with Crippen molar-refractivity contribution in [3.63, 3.8) is 0 Å². The molecule has 28 heavy (non-hydrogen) atoms. The first-order chi connectivity index (χ1) is 13.6. The summed E-state index contributed by atoms with van der Waals surface area (Å²) in [6, 6.07) is 13.8. The molecule has 2 aliphatic heterocycles. The molecule has 2 aliphatic rings. The lowest BCUT2D eigenvalue weighted by Crippen LogP contribution is -2.36. The van der Waals surface area contributed by atoms with Crippen LogP contribution in [0, 0.1) is 0 Å². The number of hydrogen-bond acceptors (Lipinski definition) is 4. The number of fused-ring (bicyclic) bond motifs is 2. The summed E-state index contributed by atoms with van der Waals surface area (Å²) in [5.74, 6) is -0.144. The second-order valence-electron chi connectivity index (χ2n) is 7.22. The van der Waals surface area contributed by atoms with E-state index in [9.17, 15) is 9.59 Å². The van der Waals surface area contributed by atoms with E-state index in [0.29, 0.717) is 34.7 Å². The molecule has 3 aromatic rings. The predicted octanol–water partition coefficient (Wildman–Crippen LogP) is 4.17. The van der Waals surface area contributed by atoms with Gasteiger partial charge in [-0.1, -0.05) is 35.9 Å². The molecule has 0 radical (unpaired) electrons. The van der Waals surface area contributed by atoms with Crippen LogP contribution in [0.15, 0.2) is 57.7 Å². The normalized spacial score (nSPS) is 21.5. The summed E-state index contributed by atoms with van der Waals surface area (Å²) in [6.45, 7) is 1.12. The van der Waals surface area contributed by atoms with E-state index in [4.69, 9.17) is 20.8 Å². The summed E-state index contributed by atoms with van der Waals surface area (Å²) < 4.78 is 11.7. The van der Waals surface area contributed by atoms with Crippen LogP contribution in [-0.2, 0) is 4.74 Å². The third-order valence-corrected chi connectivity index (χ3v) is 5.74. The zero-order valence-electron chi connectivity index (χ0n) is 15.1. The summed E-state index contributed by atoms with van der Waals surface area (Å²) >= 11 is 6.05. The summed E-state index contributed by atoms with van der Waals surface area (Å²) in [5.41, 5.74) is 1.48. The number of carbonyl (C=O) groups is 1. The lowest BCUT2D eigenvalue weighted by Gasteiger charge is -2.27. The van der Waals surface area contributed by atoms with Gasteiger partial charge in [-0.05, 0) is 42.7 Å². The van der Waals surface area contributed by atoms with E-state index in [0.717, 1.165) is 18.4 Å². The highest BCUT2D eigenvalue weighted by atomic mass is 35.5. The molecule has 0 unspecified atom stereocenters. The SMILES string of the molecule is O=C1c2oc3ccccc3c(=O)c2[C@H](c2ccc(Cl)cc2)N1C[C@H]1CCCO1. The summed E-state index contributed by atoms with van der Waals surface area (Å²) in [7, 11) is 0. The fourth-order valence-electron chi connectivity index (χ4n) is 4.15. The first kappa shape index (κ1) is 17.5. The van der Waals surface area contributed by atoms with Crippen molar-refractivity contribution in [1.29, 1.82) is 0 Å². The summed E-state index contributed by atoms with van der Waals surface area (Å²) in [5, 5.41) is 1.08. The van der Waals surface area contributed by atoms with Crippen molar-refractivity contribution in [2.24, 2.45) is 0 Å². The number of hydrogen-bond donors (Lipinski definition) is 0. The van der Waals surface area contributed by atoms with Gasteiger partial charge in [0, 0.05) is 18.2 Å². The van der Waals surface area contributed by atoms with Crippen LogP contribution in [0.1, 0.15) is 40.6 Å².